The Kier molecular flexibility index (Phi) is 11.1. The summed E-state index contributed by atoms with van der Waals surface area (Å²) in [6, 6.07) is 3.27. The molecular formula is C21H34Cl2N2O2. The van der Waals surface area contributed by atoms with Crippen LogP contribution in [-0.4, -0.2) is 37.4 Å². The van der Waals surface area contributed by atoms with E-state index in [9.17, 15) is 4.79 Å². The third-order valence-corrected chi connectivity index (χ3v) is 5.76. The number of nitrogen functional groups attached to an aromatic ring is 1. The minimum absolute atomic E-state index is 0. The molecule has 0 atom stereocenters. The van der Waals surface area contributed by atoms with Gasteiger partial charge in [0, 0.05) is 12.5 Å². The first-order valence-corrected chi connectivity index (χ1v) is 10.3. The van der Waals surface area contributed by atoms with Gasteiger partial charge in [0.05, 0.1) is 23.4 Å². The van der Waals surface area contributed by atoms with Gasteiger partial charge in [0.25, 0.3) is 0 Å². The molecule has 1 aliphatic heterocycles. The number of ketones is 1. The maximum Gasteiger partial charge on any atom is 0.166 e. The topological polar surface area (TPSA) is 55.6 Å². The number of nitrogens with two attached hydrogens (primary N) is 1. The lowest BCUT2D eigenvalue weighted by molar-refractivity contribution is 0.0959. The molecule has 0 aliphatic carbocycles. The summed E-state index contributed by atoms with van der Waals surface area (Å²) in [6.07, 6.45) is 9.16. The van der Waals surface area contributed by atoms with Crippen LogP contribution in [0.15, 0.2) is 12.1 Å². The number of Topliss-reactive ketones (excluding diaryl/α,β-unsaturated/α-hetero) is 1. The van der Waals surface area contributed by atoms with Gasteiger partial charge in [-0.2, -0.15) is 0 Å². The van der Waals surface area contributed by atoms with Crippen LogP contribution in [0, 0.1) is 5.92 Å². The fourth-order valence-electron chi connectivity index (χ4n) is 3.69. The second kappa shape index (κ2) is 12.5. The number of methoxy groups -OCH3 is 1. The highest BCUT2D eigenvalue weighted by Gasteiger charge is 2.21. The number of likely N-dealkylation sites (tertiary alicyclic amines) is 1. The van der Waals surface area contributed by atoms with Gasteiger partial charge in [-0.1, -0.05) is 37.8 Å². The van der Waals surface area contributed by atoms with Crippen LogP contribution in [0.1, 0.15) is 68.6 Å². The summed E-state index contributed by atoms with van der Waals surface area (Å²) in [4.78, 5) is 15.2. The van der Waals surface area contributed by atoms with Crippen LogP contribution in [-0.2, 0) is 0 Å². The zero-order chi connectivity index (χ0) is 18.9. The first-order chi connectivity index (χ1) is 12.5. The van der Waals surface area contributed by atoms with Crippen molar-refractivity contribution in [3.05, 3.63) is 22.7 Å². The molecule has 0 spiro atoms. The summed E-state index contributed by atoms with van der Waals surface area (Å²) < 4.78 is 5.30. The molecule has 1 saturated heterocycles. The van der Waals surface area contributed by atoms with Crippen LogP contribution in [0.2, 0.25) is 5.02 Å². The van der Waals surface area contributed by atoms with Crippen molar-refractivity contribution in [2.75, 3.05) is 32.5 Å². The van der Waals surface area contributed by atoms with E-state index >= 15 is 0 Å². The molecule has 1 aromatic carbocycles. The molecule has 0 radical (unpaired) electrons. The van der Waals surface area contributed by atoms with Crippen molar-refractivity contribution in [3.8, 4) is 5.75 Å². The number of hydrogen-bond donors (Lipinski definition) is 1. The maximum atomic E-state index is 12.6. The van der Waals surface area contributed by atoms with E-state index in [1.54, 1.807) is 19.2 Å². The first-order valence-electron chi connectivity index (χ1n) is 9.93. The SMILES string of the molecule is CCCCCCN1CCC(CCC(=O)c2cc(Cl)c(N)cc2OC)CC1.Cl. The normalized spacial score (nSPS) is 15.4. The van der Waals surface area contributed by atoms with Crippen LogP contribution in [0.3, 0.4) is 0 Å². The van der Waals surface area contributed by atoms with Crippen molar-refractivity contribution in [1.29, 1.82) is 0 Å². The molecule has 2 N–H and O–H groups in total. The average Bonchev–Trinajstić information content (AvgIpc) is 2.66. The van der Waals surface area contributed by atoms with Crippen molar-refractivity contribution in [2.45, 2.75) is 58.3 Å². The molecule has 1 fully saturated rings. The number of piperidine rings is 1. The monoisotopic (exact) mass is 416 g/mol. The van der Waals surface area contributed by atoms with Crippen molar-refractivity contribution in [1.82, 2.24) is 4.90 Å². The van der Waals surface area contributed by atoms with Crippen molar-refractivity contribution in [2.24, 2.45) is 5.92 Å². The summed E-state index contributed by atoms with van der Waals surface area (Å²) in [6.45, 7) is 5.82. The molecule has 0 amide bonds. The number of unbranched alkanes of at least 4 members (excludes halogenated alkanes) is 3. The minimum Gasteiger partial charge on any atom is -0.496 e. The summed E-state index contributed by atoms with van der Waals surface area (Å²) in [5.74, 6) is 1.24. The Morgan fingerprint density at radius 2 is 1.96 bits per heavy atom. The fourth-order valence-corrected chi connectivity index (χ4v) is 3.85. The van der Waals surface area contributed by atoms with E-state index in [0.29, 0.717) is 34.4 Å². The Balaban J connectivity index is 0.00000364. The van der Waals surface area contributed by atoms with Crippen molar-refractivity contribution < 1.29 is 9.53 Å². The molecule has 2 rings (SSSR count). The number of rotatable bonds is 10. The second-order valence-corrected chi connectivity index (χ2v) is 7.79. The van der Waals surface area contributed by atoms with Crippen LogP contribution in [0.4, 0.5) is 5.69 Å². The smallest absolute Gasteiger partial charge is 0.166 e. The van der Waals surface area contributed by atoms with Gasteiger partial charge in [-0.25, -0.2) is 0 Å². The molecule has 0 aromatic heterocycles. The highest BCUT2D eigenvalue weighted by atomic mass is 35.5. The first kappa shape index (κ1) is 24.1. The summed E-state index contributed by atoms with van der Waals surface area (Å²) in [5.41, 5.74) is 6.77. The standard InChI is InChI=1S/C21H33ClN2O2.ClH/c1-3-4-5-6-11-24-12-9-16(10-13-24)7-8-20(25)17-14-18(22)19(23)15-21(17)26-2;/h14-16H,3-13,23H2,1-2H3;1H. The van der Waals surface area contributed by atoms with Gasteiger partial charge >= 0.3 is 0 Å². The second-order valence-electron chi connectivity index (χ2n) is 7.38. The zero-order valence-electron chi connectivity index (χ0n) is 16.6. The quantitative estimate of drug-likeness (QED) is 0.306. The molecule has 1 heterocycles. The average molecular weight is 417 g/mol. The van der Waals surface area contributed by atoms with Gasteiger partial charge in [0.15, 0.2) is 5.78 Å². The van der Waals surface area contributed by atoms with E-state index in [2.05, 4.69) is 11.8 Å². The van der Waals surface area contributed by atoms with Gasteiger partial charge in [0.1, 0.15) is 5.75 Å². The molecule has 6 heteroatoms. The molecule has 1 aromatic rings. The van der Waals surface area contributed by atoms with E-state index in [4.69, 9.17) is 22.1 Å². The molecule has 0 saturated carbocycles. The highest BCUT2D eigenvalue weighted by molar-refractivity contribution is 6.33. The van der Waals surface area contributed by atoms with Gasteiger partial charge in [-0.15, -0.1) is 12.4 Å². The number of ether oxygens (including phenoxy) is 1. The molecule has 0 bridgehead atoms. The molecule has 154 valence electrons. The van der Waals surface area contributed by atoms with Crippen molar-refractivity contribution in [3.63, 3.8) is 0 Å². The fraction of sp³-hybridized carbons (Fsp3) is 0.667. The number of hydrogen-bond acceptors (Lipinski definition) is 4. The number of carbonyl (C=O) groups excluding carboxylic acids is 1. The molecule has 0 unspecified atom stereocenters. The molecule has 27 heavy (non-hydrogen) atoms. The lowest BCUT2D eigenvalue weighted by atomic mass is 9.90. The highest BCUT2D eigenvalue weighted by Crippen LogP contribution is 2.31. The van der Waals surface area contributed by atoms with E-state index in [-0.39, 0.29) is 18.2 Å². The minimum atomic E-state index is 0. The zero-order valence-corrected chi connectivity index (χ0v) is 18.2. The van der Waals surface area contributed by atoms with E-state index in [1.807, 2.05) is 0 Å². The Morgan fingerprint density at radius 1 is 1.26 bits per heavy atom. The third-order valence-electron chi connectivity index (χ3n) is 5.43. The Labute approximate surface area is 175 Å². The summed E-state index contributed by atoms with van der Waals surface area (Å²) in [7, 11) is 1.55. The number of carbonyl (C=O) groups is 1. The summed E-state index contributed by atoms with van der Waals surface area (Å²) >= 11 is 6.07. The Hall–Kier alpha value is -0.970. The van der Waals surface area contributed by atoms with Gasteiger partial charge in [-0.05, 0) is 57.3 Å². The largest absolute Gasteiger partial charge is 0.496 e. The number of anilines is 1. The molecule has 1 aliphatic rings. The molecular weight excluding hydrogens is 383 g/mol. The number of benzene rings is 1. The van der Waals surface area contributed by atoms with Crippen LogP contribution >= 0.6 is 24.0 Å². The van der Waals surface area contributed by atoms with E-state index < -0.39 is 0 Å². The van der Waals surface area contributed by atoms with E-state index in [1.165, 1.54) is 58.2 Å². The maximum absolute atomic E-state index is 12.6. The predicted octanol–water partition coefficient (Wildman–Crippen LogP) is 5.61. The van der Waals surface area contributed by atoms with Crippen LogP contribution in [0.5, 0.6) is 5.75 Å². The van der Waals surface area contributed by atoms with Crippen molar-refractivity contribution >= 4 is 35.5 Å². The van der Waals surface area contributed by atoms with Gasteiger partial charge in [-0.3, -0.25) is 4.79 Å². The Morgan fingerprint density at radius 3 is 2.59 bits per heavy atom. The lowest BCUT2D eigenvalue weighted by Crippen LogP contribution is -2.34. The third kappa shape index (κ3) is 7.52. The number of nitrogens with zero attached hydrogens (tertiary/aromatic N) is 1. The van der Waals surface area contributed by atoms with Crippen LogP contribution in [0.25, 0.3) is 0 Å². The Bertz CT molecular complexity index is 588. The number of halogens is 2. The van der Waals surface area contributed by atoms with Gasteiger partial charge < -0.3 is 15.4 Å². The summed E-state index contributed by atoms with van der Waals surface area (Å²) in [5, 5.41) is 0.408. The predicted molar refractivity (Wildman–Crippen MR) is 117 cm³/mol. The van der Waals surface area contributed by atoms with E-state index in [0.717, 1.165) is 6.42 Å². The van der Waals surface area contributed by atoms with Crippen LogP contribution < -0.4 is 10.5 Å². The lowest BCUT2D eigenvalue weighted by Gasteiger charge is -2.32. The molecule has 4 nitrogen and oxygen atoms in total. The van der Waals surface area contributed by atoms with Gasteiger partial charge in [0.2, 0.25) is 0 Å².